The molecule has 0 bridgehead atoms. The average molecular weight is 365 g/mol. The summed E-state index contributed by atoms with van der Waals surface area (Å²) in [5.41, 5.74) is 3.16. The van der Waals surface area contributed by atoms with Gasteiger partial charge in [0.05, 0.1) is 17.7 Å². The molecule has 0 radical (unpaired) electrons. The predicted octanol–water partition coefficient (Wildman–Crippen LogP) is 4.20. The number of nitrogens with zero attached hydrogens (tertiary/aromatic N) is 1. The molecule has 0 N–H and O–H groups in total. The summed E-state index contributed by atoms with van der Waals surface area (Å²) in [5.74, 6) is 0.738. The zero-order chi connectivity index (χ0) is 18.0. The molecule has 0 saturated heterocycles. The Morgan fingerprint density at radius 3 is 2.31 bits per heavy atom. The Hall–Kier alpha value is -2.63. The van der Waals surface area contributed by atoms with Gasteiger partial charge in [-0.15, -0.1) is 0 Å². The molecular weight excluding hydrogens is 346 g/mol. The summed E-state index contributed by atoms with van der Waals surface area (Å²) >= 11 is 0. The van der Waals surface area contributed by atoms with Crippen LogP contribution < -0.4 is 0 Å². The lowest BCUT2D eigenvalue weighted by Gasteiger charge is -2.25. The summed E-state index contributed by atoms with van der Waals surface area (Å²) in [6, 6.07) is 18.9. The molecule has 5 heteroatoms. The summed E-state index contributed by atoms with van der Waals surface area (Å²) in [4.78, 5) is 0.310. The van der Waals surface area contributed by atoms with Gasteiger partial charge in [0.25, 0.3) is 0 Å². The molecule has 0 atom stereocenters. The first-order valence-electron chi connectivity index (χ1n) is 8.51. The van der Waals surface area contributed by atoms with Gasteiger partial charge in [-0.3, -0.25) is 0 Å². The molecule has 2 aromatic carbocycles. The fourth-order valence-electron chi connectivity index (χ4n) is 3.07. The summed E-state index contributed by atoms with van der Waals surface area (Å²) in [6.07, 6.45) is 6.28. The molecule has 2 heterocycles. The second-order valence-corrected chi connectivity index (χ2v) is 8.21. The summed E-state index contributed by atoms with van der Waals surface area (Å²) in [5, 5.41) is 0. The van der Waals surface area contributed by atoms with Crippen LogP contribution in [-0.4, -0.2) is 19.3 Å². The smallest absolute Gasteiger partial charge is 0.243 e. The topological polar surface area (TPSA) is 50.5 Å². The highest BCUT2D eigenvalue weighted by molar-refractivity contribution is 7.89. The van der Waals surface area contributed by atoms with Gasteiger partial charge in [-0.05, 0) is 41.3 Å². The lowest BCUT2D eigenvalue weighted by atomic mass is 10.1. The molecule has 132 valence electrons. The van der Waals surface area contributed by atoms with E-state index in [0.717, 1.165) is 22.5 Å². The quantitative estimate of drug-likeness (QED) is 0.651. The van der Waals surface area contributed by atoms with E-state index in [2.05, 4.69) is 0 Å². The van der Waals surface area contributed by atoms with Crippen LogP contribution in [0.4, 0.5) is 0 Å². The van der Waals surface area contributed by atoms with Gasteiger partial charge in [0.1, 0.15) is 5.76 Å². The number of fused-ring (bicyclic) bond motifs is 1. The van der Waals surface area contributed by atoms with Crippen LogP contribution in [0.3, 0.4) is 0 Å². The van der Waals surface area contributed by atoms with Crippen molar-refractivity contribution in [2.45, 2.75) is 17.9 Å². The van der Waals surface area contributed by atoms with Crippen LogP contribution in [0, 0.1) is 0 Å². The van der Waals surface area contributed by atoms with Crippen molar-refractivity contribution in [3.63, 3.8) is 0 Å². The van der Waals surface area contributed by atoms with Crippen molar-refractivity contribution in [3.8, 4) is 0 Å². The summed E-state index contributed by atoms with van der Waals surface area (Å²) in [6.45, 7) is 0.769. The fourth-order valence-corrected chi connectivity index (χ4v) is 4.47. The Morgan fingerprint density at radius 2 is 1.58 bits per heavy atom. The van der Waals surface area contributed by atoms with Crippen LogP contribution in [-0.2, 0) is 23.0 Å². The van der Waals surface area contributed by atoms with E-state index in [1.54, 1.807) is 18.4 Å². The minimum absolute atomic E-state index is 0.292. The Bertz CT molecular complexity index is 1020. The summed E-state index contributed by atoms with van der Waals surface area (Å²) in [7, 11) is -3.52. The molecule has 1 aliphatic rings. The molecule has 0 saturated carbocycles. The fraction of sp³-hybridized carbons (Fsp3) is 0.143. The van der Waals surface area contributed by atoms with Crippen LogP contribution in [0.5, 0.6) is 0 Å². The number of hydrogen-bond acceptors (Lipinski definition) is 3. The van der Waals surface area contributed by atoms with E-state index in [0.29, 0.717) is 24.4 Å². The SMILES string of the molecule is O=S(=O)(c1ccc(C=Cc2ccccc2)cc1)N1CCc2ccoc2C1. The van der Waals surface area contributed by atoms with E-state index in [9.17, 15) is 8.42 Å². The zero-order valence-corrected chi connectivity index (χ0v) is 15.0. The third-order valence-corrected chi connectivity index (χ3v) is 6.43. The first-order chi connectivity index (χ1) is 12.6. The van der Waals surface area contributed by atoms with E-state index in [4.69, 9.17) is 4.42 Å². The van der Waals surface area contributed by atoms with Gasteiger partial charge < -0.3 is 4.42 Å². The second-order valence-electron chi connectivity index (χ2n) is 6.27. The molecule has 0 spiro atoms. The van der Waals surface area contributed by atoms with Gasteiger partial charge in [-0.25, -0.2) is 8.42 Å². The zero-order valence-electron chi connectivity index (χ0n) is 14.2. The largest absolute Gasteiger partial charge is 0.468 e. The van der Waals surface area contributed by atoms with E-state index in [1.165, 1.54) is 4.31 Å². The van der Waals surface area contributed by atoms with Crippen molar-refractivity contribution < 1.29 is 12.8 Å². The average Bonchev–Trinajstić information content (AvgIpc) is 3.15. The van der Waals surface area contributed by atoms with Gasteiger partial charge >= 0.3 is 0 Å². The van der Waals surface area contributed by atoms with Crippen LogP contribution >= 0.6 is 0 Å². The molecule has 1 aliphatic heterocycles. The highest BCUT2D eigenvalue weighted by atomic mass is 32.2. The first kappa shape index (κ1) is 16.8. The third kappa shape index (κ3) is 3.36. The number of hydrogen-bond donors (Lipinski definition) is 0. The molecule has 0 unspecified atom stereocenters. The highest BCUT2D eigenvalue weighted by Gasteiger charge is 2.29. The van der Waals surface area contributed by atoms with Crippen LogP contribution in [0.15, 0.2) is 76.2 Å². The molecule has 26 heavy (non-hydrogen) atoms. The number of rotatable bonds is 4. The van der Waals surface area contributed by atoms with Gasteiger partial charge in [0, 0.05) is 6.54 Å². The van der Waals surface area contributed by atoms with Crippen LogP contribution in [0.1, 0.15) is 22.5 Å². The van der Waals surface area contributed by atoms with E-state index < -0.39 is 10.0 Å². The van der Waals surface area contributed by atoms with Crippen LogP contribution in [0.2, 0.25) is 0 Å². The molecule has 0 aliphatic carbocycles. The van der Waals surface area contributed by atoms with Crippen molar-refractivity contribution in [1.82, 2.24) is 4.31 Å². The Balaban J connectivity index is 1.52. The molecular formula is C21H19NO3S. The van der Waals surface area contributed by atoms with Gasteiger partial charge in [0.15, 0.2) is 0 Å². The van der Waals surface area contributed by atoms with Gasteiger partial charge in [0.2, 0.25) is 10.0 Å². The van der Waals surface area contributed by atoms with E-state index >= 15 is 0 Å². The van der Waals surface area contributed by atoms with Crippen molar-refractivity contribution in [2.75, 3.05) is 6.54 Å². The van der Waals surface area contributed by atoms with Crippen molar-refractivity contribution >= 4 is 22.2 Å². The van der Waals surface area contributed by atoms with E-state index in [-0.39, 0.29) is 0 Å². The molecule has 4 rings (SSSR count). The third-order valence-electron chi connectivity index (χ3n) is 4.57. The lowest BCUT2D eigenvalue weighted by Crippen LogP contribution is -2.35. The number of sulfonamides is 1. The Morgan fingerprint density at radius 1 is 0.885 bits per heavy atom. The maximum atomic E-state index is 12.9. The first-order valence-corrected chi connectivity index (χ1v) is 9.95. The molecule has 1 aromatic heterocycles. The van der Waals surface area contributed by atoms with Crippen molar-refractivity contribution in [2.24, 2.45) is 0 Å². The maximum absolute atomic E-state index is 12.9. The van der Waals surface area contributed by atoms with Crippen LogP contribution in [0.25, 0.3) is 12.2 Å². The molecule has 4 nitrogen and oxygen atoms in total. The summed E-state index contributed by atoms with van der Waals surface area (Å²) < 4.78 is 32.6. The minimum Gasteiger partial charge on any atom is -0.468 e. The highest BCUT2D eigenvalue weighted by Crippen LogP contribution is 2.25. The molecule has 0 amide bonds. The predicted molar refractivity (Wildman–Crippen MR) is 102 cm³/mol. The second kappa shape index (κ2) is 6.94. The Labute approximate surface area is 153 Å². The molecule has 0 fully saturated rings. The normalized spacial score (nSPS) is 15.2. The van der Waals surface area contributed by atoms with E-state index in [1.807, 2.05) is 60.7 Å². The monoisotopic (exact) mass is 365 g/mol. The Kier molecular flexibility index (Phi) is 4.49. The standard InChI is InChI=1S/C21H19NO3S/c23-26(24,22-14-12-19-13-15-25-21(19)16-22)20-10-8-18(9-11-20)7-6-17-4-2-1-3-5-17/h1-11,13,15H,12,14,16H2. The lowest BCUT2D eigenvalue weighted by molar-refractivity contribution is 0.343. The maximum Gasteiger partial charge on any atom is 0.243 e. The van der Waals surface area contributed by atoms with Gasteiger partial charge in [-0.2, -0.15) is 4.31 Å². The minimum atomic E-state index is -3.52. The van der Waals surface area contributed by atoms with Gasteiger partial charge in [-0.1, -0.05) is 54.6 Å². The number of furan rings is 1. The molecule has 3 aromatic rings. The van der Waals surface area contributed by atoms with Crippen molar-refractivity contribution in [1.29, 1.82) is 0 Å². The van der Waals surface area contributed by atoms with Crippen molar-refractivity contribution in [3.05, 3.63) is 89.4 Å². The number of benzene rings is 2.